The number of nitriles is 1. The number of hydrogen-bond acceptors (Lipinski definition) is 2. The van der Waals surface area contributed by atoms with Gasteiger partial charge in [-0.15, -0.1) is 0 Å². The van der Waals surface area contributed by atoms with Crippen molar-refractivity contribution in [1.29, 1.82) is 5.26 Å². The van der Waals surface area contributed by atoms with Crippen LogP contribution in [0.3, 0.4) is 0 Å². The van der Waals surface area contributed by atoms with Crippen LogP contribution in [-0.2, 0) is 0 Å². The molecule has 1 rings (SSSR count). The molecule has 0 unspecified atom stereocenters. The van der Waals surface area contributed by atoms with Crippen LogP contribution in [0.25, 0.3) is 5.70 Å². The van der Waals surface area contributed by atoms with Gasteiger partial charge in [0.1, 0.15) is 5.82 Å². The summed E-state index contributed by atoms with van der Waals surface area (Å²) in [6.45, 7) is 1.55. The van der Waals surface area contributed by atoms with Crippen LogP contribution >= 0.6 is 15.9 Å². The molecule has 0 aliphatic carbocycles. The molecule has 0 fully saturated rings. The van der Waals surface area contributed by atoms with Gasteiger partial charge in [-0.2, -0.15) is 5.26 Å². The van der Waals surface area contributed by atoms with Gasteiger partial charge in [0, 0.05) is 5.56 Å². The molecule has 4 heteroatoms. The Bertz CT molecular complexity index is 432. The first-order chi connectivity index (χ1) is 6.57. The summed E-state index contributed by atoms with van der Waals surface area (Å²) in [6.07, 6.45) is 0. The van der Waals surface area contributed by atoms with Crippen molar-refractivity contribution in [2.45, 2.75) is 6.92 Å². The Kier molecular flexibility index (Phi) is 3.26. The van der Waals surface area contributed by atoms with E-state index in [1.165, 1.54) is 6.07 Å². The van der Waals surface area contributed by atoms with Gasteiger partial charge in [-0.1, -0.05) is 6.07 Å². The molecule has 0 atom stereocenters. The molecule has 0 saturated heterocycles. The lowest BCUT2D eigenvalue weighted by Crippen LogP contribution is -2.02. The third-order valence-corrected chi connectivity index (χ3v) is 2.43. The SMILES string of the molecule is C/C(C#N)=C(/N)c1cccc(Br)c1F. The van der Waals surface area contributed by atoms with E-state index in [9.17, 15) is 4.39 Å². The number of benzene rings is 1. The standard InChI is InChI=1S/C10H8BrFN2/c1-6(5-13)10(14)7-3-2-4-8(11)9(7)12/h2-4H,14H2,1H3/b10-6-. The van der Waals surface area contributed by atoms with E-state index in [0.717, 1.165) is 0 Å². The summed E-state index contributed by atoms with van der Waals surface area (Å²) in [6, 6.07) is 6.66. The minimum atomic E-state index is -0.445. The van der Waals surface area contributed by atoms with Gasteiger partial charge < -0.3 is 5.73 Å². The van der Waals surface area contributed by atoms with Crippen molar-refractivity contribution >= 4 is 21.6 Å². The topological polar surface area (TPSA) is 49.8 Å². The van der Waals surface area contributed by atoms with E-state index in [1.807, 2.05) is 6.07 Å². The van der Waals surface area contributed by atoms with Crippen molar-refractivity contribution in [2.75, 3.05) is 0 Å². The van der Waals surface area contributed by atoms with E-state index in [1.54, 1.807) is 19.1 Å². The molecule has 0 amide bonds. The predicted molar refractivity (Wildman–Crippen MR) is 56.5 cm³/mol. The molecule has 2 nitrogen and oxygen atoms in total. The fourth-order valence-corrected chi connectivity index (χ4v) is 1.34. The maximum atomic E-state index is 13.5. The highest BCUT2D eigenvalue weighted by molar-refractivity contribution is 9.10. The molecule has 72 valence electrons. The lowest BCUT2D eigenvalue weighted by Gasteiger charge is -2.05. The van der Waals surface area contributed by atoms with Crippen LogP contribution in [0.5, 0.6) is 0 Å². The number of hydrogen-bond donors (Lipinski definition) is 1. The van der Waals surface area contributed by atoms with Crippen molar-refractivity contribution in [3.05, 3.63) is 39.6 Å². The number of nitrogens with two attached hydrogens (primary N) is 1. The highest BCUT2D eigenvalue weighted by Gasteiger charge is 2.09. The lowest BCUT2D eigenvalue weighted by atomic mass is 10.1. The van der Waals surface area contributed by atoms with Crippen LogP contribution in [0.2, 0.25) is 0 Å². The third kappa shape index (κ3) is 1.94. The molecule has 0 saturated carbocycles. The average Bonchev–Trinajstić information content (AvgIpc) is 2.20. The zero-order chi connectivity index (χ0) is 10.7. The summed E-state index contributed by atoms with van der Waals surface area (Å²) in [5.41, 5.74) is 6.34. The molecule has 0 aliphatic rings. The average molecular weight is 255 g/mol. The van der Waals surface area contributed by atoms with E-state index in [0.29, 0.717) is 10.0 Å². The first kappa shape index (κ1) is 10.7. The Morgan fingerprint density at radius 1 is 1.57 bits per heavy atom. The van der Waals surface area contributed by atoms with Gasteiger partial charge in [0.15, 0.2) is 0 Å². The Balaban J connectivity index is 3.36. The predicted octanol–water partition coefficient (Wildman–Crippen LogP) is 2.80. The van der Waals surface area contributed by atoms with Crippen molar-refractivity contribution in [2.24, 2.45) is 5.73 Å². The van der Waals surface area contributed by atoms with E-state index >= 15 is 0 Å². The van der Waals surface area contributed by atoms with Crippen LogP contribution in [0.4, 0.5) is 4.39 Å². The van der Waals surface area contributed by atoms with E-state index in [-0.39, 0.29) is 11.3 Å². The van der Waals surface area contributed by atoms with Crippen molar-refractivity contribution < 1.29 is 4.39 Å². The Labute approximate surface area is 90.0 Å². The number of allylic oxidation sites excluding steroid dienone is 1. The number of nitrogens with zero attached hydrogens (tertiary/aromatic N) is 1. The van der Waals surface area contributed by atoms with Crippen molar-refractivity contribution in [1.82, 2.24) is 0 Å². The maximum Gasteiger partial charge on any atom is 0.146 e. The molecular weight excluding hydrogens is 247 g/mol. The number of halogens is 2. The second kappa shape index (κ2) is 4.25. The molecule has 14 heavy (non-hydrogen) atoms. The summed E-state index contributed by atoms with van der Waals surface area (Å²) in [4.78, 5) is 0. The molecule has 0 aromatic heterocycles. The largest absolute Gasteiger partial charge is 0.397 e. The summed E-state index contributed by atoms with van der Waals surface area (Å²) < 4.78 is 13.8. The molecule has 0 spiro atoms. The first-order valence-corrected chi connectivity index (χ1v) is 4.68. The van der Waals surface area contributed by atoms with Crippen molar-refractivity contribution in [3.8, 4) is 6.07 Å². The van der Waals surface area contributed by atoms with Crippen LogP contribution < -0.4 is 5.73 Å². The Hall–Kier alpha value is -1.34. The molecule has 0 radical (unpaired) electrons. The zero-order valence-corrected chi connectivity index (χ0v) is 9.10. The van der Waals surface area contributed by atoms with E-state index in [4.69, 9.17) is 11.0 Å². The van der Waals surface area contributed by atoms with E-state index in [2.05, 4.69) is 15.9 Å². The molecule has 0 heterocycles. The molecule has 0 aliphatic heterocycles. The maximum absolute atomic E-state index is 13.5. The highest BCUT2D eigenvalue weighted by atomic mass is 79.9. The van der Waals surface area contributed by atoms with Gasteiger partial charge in [-0.3, -0.25) is 0 Å². The van der Waals surface area contributed by atoms with Crippen LogP contribution in [0.15, 0.2) is 28.2 Å². The van der Waals surface area contributed by atoms with Gasteiger partial charge in [-0.25, -0.2) is 4.39 Å². The fraction of sp³-hybridized carbons (Fsp3) is 0.100. The van der Waals surface area contributed by atoms with Crippen molar-refractivity contribution in [3.63, 3.8) is 0 Å². The molecule has 1 aromatic carbocycles. The molecule has 0 bridgehead atoms. The van der Waals surface area contributed by atoms with E-state index < -0.39 is 5.82 Å². The van der Waals surface area contributed by atoms with Gasteiger partial charge in [-0.05, 0) is 35.0 Å². The summed E-state index contributed by atoms with van der Waals surface area (Å²) in [5.74, 6) is -0.445. The number of rotatable bonds is 1. The van der Waals surface area contributed by atoms with Gasteiger partial charge in [0.25, 0.3) is 0 Å². The zero-order valence-electron chi connectivity index (χ0n) is 7.51. The molecule has 2 N–H and O–H groups in total. The molecule has 1 aromatic rings. The second-order valence-corrected chi connectivity index (χ2v) is 3.61. The highest BCUT2D eigenvalue weighted by Crippen LogP contribution is 2.23. The Morgan fingerprint density at radius 2 is 2.21 bits per heavy atom. The first-order valence-electron chi connectivity index (χ1n) is 3.88. The third-order valence-electron chi connectivity index (χ3n) is 1.81. The van der Waals surface area contributed by atoms with Gasteiger partial charge >= 0.3 is 0 Å². The monoisotopic (exact) mass is 254 g/mol. The lowest BCUT2D eigenvalue weighted by molar-refractivity contribution is 0.617. The fourth-order valence-electron chi connectivity index (χ4n) is 0.974. The van der Waals surface area contributed by atoms with Gasteiger partial charge in [0.2, 0.25) is 0 Å². The molecular formula is C10H8BrFN2. The Morgan fingerprint density at radius 3 is 2.79 bits per heavy atom. The normalized spacial score (nSPS) is 11.9. The summed E-state index contributed by atoms with van der Waals surface area (Å²) in [7, 11) is 0. The second-order valence-electron chi connectivity index (χ2n) is 2.75. The summed E-state index contributed by atoms with van der Waals surface area (Å²) >= 11 is 3.05. The smallest absolute Gasteiger partial charge is 0.146 e. The van der Waals surface area contributed by atoms with Crippen LogP contribution in [-0.4, -0.2) is 0 Å². The minimum Gasteiger partial charge on any atom is -0.397 e. The summed E-state index contributed by atoms with van der Waals surface area (Å²) in [5, 5.41) is 8.60. The van der Waals surface area contributed by atoms with Crippen LogP contribution in [0.1, 0.15) is 12.5 Å². The minimum absolute atomic E-state index is 0.173. The quantitative estimate of drug-likeness (QED) is 0.784. The van der Waals surface area contributed by atoms with Crippen LogP contribution in [0, 0.1) is 17.1 Å². The van der Waals surface area contributed by atoms with Gasteiger partial charge in [0.05, 0.1) is 21.8 Å².